The van der Waals surface area contributed by atoms with Gasteiger partial charge in [0.25, 0.3) is 0 Å². The molecule has 0 aliphatic carbocycles. The molecule has 0 saturated carbocycles. The van der Waals surface area contributed by atoms with Crippen molar-refractivity contribution in [1.82, 2.24) is 0 Å². The maximum atomic E-state index is 12.5. The molecule has 6 heteroatoms. The second-order valence-corrected chi connectivity index (χ2v) is 7.68. The summed E-state index contributed by atoms with van der Waals surface area (Å²) in [7, 11) is 3.28. The number of benzene rings is 2. The maximum Gasteiger partial charge on any atom is 0.225 e. The smallest absolute Gasteiger partial charge is 0.225 e. The first-order valence-electron chi connectivity index (χ1n) is 9.51. The van der Waals surface area contributed by atoms with E-state index in [-0.39, 0.29) is 11.8 Å². The largest absolute Gasteiger partial charge is 0.497 e. The zero-order chi connectivity index (χ0) is 20.4. The van der Waals surface area contributed by atoms with Crippen LogP contribution in [0.5, 0.6) is 17.2 Å². The molecule has 1 aromatic heterocycles. The number of fused-ring (bicyclic) bond motifs is 1. The number of rotatable bonds is 6. The predicted molar refractivity (Wildman–Crippen MR) is 116 cm³/mol. The number of thiophene rings is 1. The minimum Gasteiger partial charge on any atom is -0.497 e. The maximum absolute atomic E-state index is 12.5. The predicted octanol–water partition coefficient (Wildman–Crippen LogP) is 5.31. The fourth-order valence-electron chi connectivity index (χ4n) is 3.65. The van der Waals surface area contributed by atoms with Crippen molar-refractivity contribution in [3.05, 3.63) is 58.3 Å². The van der Waals surface area contributed by atoms with Crippen molar-refractivity contribution in [1.29, 1.82) is 0 Å². The normalized spacial score (nSPS) is 15.4. The number of anilines is 1. The molecule has 1 aliphatic rings. The van der Waals surface area contributed by atoms with Crippen LogP contribution in [0.1, 0.15) is 29.7 Å². The van der Waals surface area contributed by atoms with E-state index >= 15 is 0 Å². The van der Waals surface area contributed by atoms with E-state index in [4.69, 9.17) is 14.2 Å². The molecular weight excluding hydrogens is 386 g/mol. The van der Waals surface area contributed by atoms with E-state index in [1.165, 1.54) is 0 Å². The summed E-state index contributed by atoms with van der Waals surface area (Å²) in [6, 6.07) is 13.8. The minimum atomic E-state index is -0.0136. The van der Waals surface area contributed by atoms with Crippen LogP contribution >= 0.6 is 11.3 Å². The standard InChI is InChI=1S/C23H23NO4S/c1-4-28-19-10-7-15(11-20(19)27-3)17-12-21(25)24-22-18(13-29-23(17)22)14-5-8-16(26-2)9-6-14/h5-11,13,17H,4,12H2,1-3H3,(H,24,25). The van der Waals surface area contributed by atoms with Gasteiger partial charge >= 0.3 is 0 Å². The zero-order valence-corrected chi connectivity index (χ0v) is 17.5. The van der Waals surface area contributed by atoms with Gasteiger partial charge in [-0.1, -0.05) is 18.2 Å². The van der Waals surface area contributed by atoms with E-state index in [0.717, 1.165) is 33.0 Å². The molecule has 1 aliphatic heterocycles. The fraction of sp³-hybridized carbons (Fsp3) is 0.261. The fourth-order valence-corrected chi connectivity index (χ4v) is 4.82. The van der Waals surface area contributed by atoms with Crippen molar-refractivity contribution < 1.29 is 19.0 Å². The molecule has 0 radical (unpaired) electrons. The number of ether oxygens (including phenoxy) is 3. The molecule has 0 bridgehead atoms. The van der Waals surface area contributed by atoms with Gasteiger partial charge in [0, 0.05) is 28.2 Å². The average Bonchev–Trinajstić information content (AvgIpc) is 3.17. The van der Waals surface area contributed by atoms with E-state index in [0.29, 0.717) is 24.5 Å². The molecular formula is C23H23NO4S. The van der Waals surface area contributed by atoms with Gasteiger partial charge in [-0.15, -0.1) is 11.3 Å². The lowest BCUT2D eigenvalue weighted by Gasteiger charge is -2.24. The zero-order valence-electron chi connectivity index (χ0n) is 16.7. The topological polar surface area (TPSA) is 56.8 Å². The highest BCUT2D eigenvalue weighted by Crippen LogP contribution is 2.47. The number of amides is 1. The van der Waals surface area contributed by atoms with E-state index in [1.807, 2.05) is 49.4 Å². The Balaban J connectivity index is 1.74. The van der Waals surface area contributed by atoms with Crippen LogP contribution in [0, 0.1) is 0 Å². The highest BCUT2D eigenvalue weighted by Gasteiger charge is 2.31. The molecule has 0 saturated heterocycles. The molecule has 0 fully saturated rings. The summed E-state index contributed by atoms with van der Waals surface area (Å²) in [5.74, 6) is 2.21. The molecule has 2 heterocycles. The highest BCUT2D eigenvalue weighted by atomic mass is 32.1. The highest BCUT2D eigenvalue weighted by molar-refractivity contribution is 7.11. The molecule has 2 aromatic carbocycles. The van der Waals surface area contributed by atoms with Gasteiger partial charge in [-0.2, -0.15) is 0 Å². The first-order chi connectivity index (χ1) is 14.1. The minimum absolute atomic E-state index is 0.0136. The van der Waals surface area contributed by atoms with Crippen LogP contribution < -0.4 is 19.5 Å². The molecule has 5 nitrogen and oxygen atoms in total. The monoisotopic (exact) mass is 409 g/mol. The van der Waals surface area contributed by atoms with Gasteiger partial charge in [-0.25, -0.2) is 0 Å². The number of carbonyl (C=O) groups is 1. The van der Waals surface area contributed by atoms with Gasteiger partial charge in [0.15, 0.2) is 11.5 Å². The van der Waals surface area contributed by atoms with E-state index in [9.17, 15) is 4.79 Å². The Labute approximate surface area is 174 Å². The van der Waals surface area contributed by atoms with Crippen molar-refractivity contribution in [2.24, 2.45) is 0 Å². The van der Waals surface area contributed by atoms with Gasteiger partial charge in [-0.3, -0.25) is 4.79 Å². The van der Waals surface area contributed by atoms with Crippen LogP contribution in [-0.2, 0) is 4.79 Å². The summed E-state index contributed by atoms with van der Waals surface area (Å²) < 4.78 is 16.4. The number of hydrogen-bond acceptors (Lipinski definition) is 5. The summed E-state index contributed by atoms with van der Waals surface area (Å²) >= 11 is 1.67. The van der Waals surface area contributed by atoms with Crippen molar-refractivity contribution in [3.8, 4) is 28.4 Å². The number of methoxy groups -OCH3 is 2. The van der Waals surface area contributed by atoms with Gasteiger partial charge < -0.3 is 19.5 Å². The lowest BCUT2D eigenvalue weighted by Crippen LogP contribution is -2.22. The van der Waals surface area contributed by atoms with Crippen molar-refractivity contribution in [2.45, 2.75) is 19.3 Å². The lowest BCUT2D eigenvalue weighted by molar-refractivity contribution is -0.116. The Morgan fingerprint density at radius 3 is 2.55 bits per heavy atom. The van der Waals surface area contributed by atoms with Crippen LogP contribution in [0.15, 0.2) is 47.8 Å². The Kier molecular flexibility index (Phi) is 5.45. The summed E-state index contributed by atoms with van der Waals surface area (Å²) in [5, 5.41) is 5.19. The van der Waals surface area contributed by atoms with Crippen LogP contribution in [0.25, 0.3) is 11.1 Å². The summed E-state index contributed by atoms with van der Waals surface area (Å²) in [4.78, 5) is 13.7. The molecule has 1 atom stereocenters. The van der Waals surface area contributed by atoms with Crippen LogP contribution in [0.2, 0.25) is 0 Å². The molecule has 3 aromatic rings. The summed E-state index contributed by atoms with van der Waals surface area (Å²) in [6.07, 6.45) is 0.409. The average molecular weight is 410 g/mol. The second-order valence-electron chi connectivity index (χ2n) is 6.77. The first-order valence-corrected chi connectivity index (χ1v) is 10.4. The molecule has 4 rings (SSSR count). The Hall–Kier alpha value is -2.99. The number of carbonyl (C=O) groups excluding carboxylic acids is 1. The SMILES string of the molecule is CCOc1ccc(C2CC(=O)Nc3c(-c4ccc(OC)cc4)csc32)cc1OC. The summed E-state index contributed by atoms with van der Waals surface area (Å²) in [5.41, 5.74) is 4.02. The number of hydrogen-bond donors (Lipinski definition) is 1. The Morgan fingerprint density at radius 1 is 1.07 bits per heavy atom. The third-order valence-corrected chi connectivity index (χ3v) is 6.18. The molecule has 29 heavy (non-hydrogen) atoms. The van der Waals surface area contributed by atoms with Crippen LogP contribution in [0.3, 0.4) is 0 Å². The van der Waals surface area contributed by atoms with Crippen LogP contribution in [-0.4, -0.2) is 26.7 Å². The van der Waals surface area contributed by atoms with E-state index < -0.39 is 0 Å². The van der Waals surface area contributed by atoms with Crippen molar-refractivity contribution in [3.63, 3.8) is 0 Å². The molecule has 0 spiro atoms. The quantitative estimate of drug-likeness (QED) is 0.600. The molecule has 150 valence electrons. The van der Waals surface area contributed by atoms with Gasteiger partial charge in [-0.05, 0) is 42.3 Å². The Morgan fingerprint density at radius 2 is 1.86 bits per heavy atom. The Bertz CT molecular complexity index is 1030. The van der Waals surface area contributed by atoms with Crippen molar-refractivity contribution >= 4 is 22.9 Å². The third kappa shape index (κ3) is 3.68. The van der Waals surface area contributed by atoms with E-state index in [2.05, 4.69) is 10.7 Å². The van der Waals surface area contributed by atoms with Crippen LogP contribution in [0.4, 0.5) is 5.69 Å². The number of nitrogens with one attached hydrogen (secondary N) is 1. The lowest BCUT2D eigenvalue weighted by atomic mass is 9.89. The van der Waals surface area contributed by atoms with Crippen molar-refractivity contribution in [2.75, 3.05) is 26.1 Å². The second kappa shape index (κ2) is 8.17. The van der Waals surface area contributed by atoms with Gasteiger partial charge in [0.05, 0.1) is 26.5 Å². The van der Waals surface area contributed by atoms with Gasteiger partial charge in [0.1, 0.15) is 5.75 Å². The molecule has 1 amide bonds. The van der Waals surface area contributed by atoms with Gasteiger partial charge in [0.2, 0.25) is 5.91 Å². The van der Waals surface area contributed by atoms with E-state index in [1.54, 1.807) is 25.6 Å². The first kappa shape index (κ1) is 19.3. The molecule has 1 unspecified atom stereocenters. The molecule has 1 N–H and O–H groups in total. The third-order valence-electron chi connectivity index (χ3n) is 5.08. The summed E-state index contributed by atoms with van der Waals surface area (Å²) in [6.45, 7) is 2.51.